The Bertz CT molecular complexity index is 294. The van der Waals surface area contributed by atoms with Gasteiger partial charge in [-0.3, -0.25) is 4.68 Å². The van der Waals surface area contributed by atoms with E-state index in [-0.39, 0.29) is 0 Å². The molecule has 0 radical (unpaired) electrons. The van der Waals surface area contributed by atoms with Crippen LogP contribution in [0, 0.1) is 0 Å². The summed E-state index contributed by atoms with van der Waals surface area (Å²) in [6.07, 6.45) is 0. The molecular weight excluding hydrogens is 234 g/mol. The second-order valence-electron chi connectivity index (χ2n) is 3.05. The highest BCUT2D eigenvalue weighted by molar-refractivity contribution is 9.10. The molecule has 1 aromatic heterocycles. The quantitative estimate of drug-likeness (QED) is 0.741. The van der Waals surface area contributed by atoms with Gasteiger partial charge in [0.1, 0.15) is 10.4 Å². The Labute approximate surface area is 85.6 Å². The van der Waals surface area contributed by atoms with Crippen molar-refractivity contribution in [3.05, 3.63) is 10.7 Å². The van der Waals surface area contributed by atoms with Crippen LogP contribution in [0.4, 0.5) is 5.82 Å². The van der Waals surface area contributed by atoms with Crippen LogP contribution in [0.5, 0.6) is 0 Å². The summed E-state index contributed by atoms with van der Waals surface area (Å²) >= 11 is 3.36. The summed E-state index contributed by atoms with van der Waals surface area (Å²) in [5.74, 6) is 1.15. The van der Waals surface area contributed by atoms with Crippen molar-refractivity contribution in [1.29, 1.82) is 0 Å². The van der Waals surface area contributed by atoms with Crippen LogP contribution < -0.4 is 4.90 Å². The summed E-state index contributed by atoms with van der Waals surface area (Å²) < 4.78 is 8.05. The monoisotopic (exact) mass is 245 g/mol. The zero-order valence-electron chi connectivity index (χ0n) is 7.53. The van der Waals surface area contributed by atoms with Crippen LogP contribution in [-0.2, 0) is 11.8 Å². The number of anilines is 1. The van der Waals surface area contributed by atoms with E-state index < -0.39 is 0 Å². The lowest BCUT2D eigenvalue weighted by atomic mass is 10.4. The van der Waals surface area contributed by atoms with Gasteiger partial charge in [-0.1, -0.05) is 0 Å². The zero-order chi connectivity index (χ0) is 9.26. The fourth-order valence-electron chi connectivity index (χ4n) is 1.51. The summed E-state index contributed by atoms with van der Waals surface area (Å²) in [6, 6.07) is 2.03. The van der Waals surface area contributed by atoms with Gasteiger partial charge in [-0.15, -0.1) is 0 Å². The predicted octanol–water partition coefficient (Wildman–Crippen LogP) is 1.02. The number of ether oxygens (including phenoxy) is 1. The number of morpholine rings is 1. The normalized spacial score (nSPS) is 17.8. The van der Waals surface area contributed by atoms with Gasteiger partial charge in [-0.05, 0) is 15.9 Å². The molecule has 2 heterocycles. The molecule has 0 unspecified atom stereocenters. The van der Waals surface area contributed by atoms with Crippen molar-refractivity contribution >= 4 is 21.7 Å². The molecule has 1 aromatic rings. The maximum absolute atomic E-state index is 5.28. The highest BCUT2D eigenvalue weighted by atomic mass is 79.9. The molecular formula is C8H12BrN3O. The second-order valence-corrected chi connectivity index (χ2v) is 3.86. The van der Waals surface area contributed by atoms with Gasteiger partial charge in [0.15, 0.2) is 0 Å². The molecule has 1 saturated heterocycles. The first-order valence-electron chi connectivity index (χ1n) is 4.29. The average Bonchev–Trinajstić information content (AvgIpc) is 2.47. The minimum absolute atomic E-state index is 0.808. The molecule has 5 heteroatoms. The summed E-state index contributed by atoms with van der Waals surface area (Å²) in [4.78, 5) is 2.28. The van der Waals surface area contributed by atoms with Crippen LogP contribution in [0.1, 0.15) is 0 Å². The molecule has 0 N–H and O–H groups in total. The number of aryl methyl sites for hydroxylation is 1. The minimum Gasteiger partial charge on any atom is -0.378 e. The number of nitrogens with zero attached hydrogens (tertiary/aromatic N) is 3. The Hall–Kier alpha value is -0.550. The van der Waals surface area contributed by atoms with Crippen molar-refractivity contribution in [3.63, 3.8) is 0 Å². The number of rotatable bonds is 1. The molecule has 13 heavy (non-hydrogen) atoms. The van der Waals surface area contributed by atoms with Crippen molar-refractivity contribution in [2.45, 2.75) is 0 Å². The van der Waals surface area contributed by atoms with Crippen LogP contribution in [0.15, 0.2) is 10.7 Å². The molecule has 0 atom stereocenters. The molecule has 1 aliphatic heterocycles. The highest BCUT2D eigenvalue weighted by Crippen LogP contribution is 2.19. The van der Waals surface area contributed by atoms with Crippen LogP contribution in [0.25, 0.3) is 0 Å². The molecule has 1 fully saturated rings. The Kier molecular flexibility index (Phi) is 2.55. The molecule has 4 nitrogen and oxygen atoms in total. The van der Waals surface area contributed by atoms with Crippen molar-refractivity contribution in [2.24, 2.45) is 7.05 Å². The van der Waals surface area contributed by atoms with E-state index in [1.165, 1.54) is 0 Å². The van der Waals surface area contributed by atoms with E-state index in [1.54, 1.807) is 0 Å². The number of hydrogen-bond acceptors (Lipinski definition) is 3. The van der Waals surface area contributed by atoms with Gasteiger partial charge in [-0.25, -0.2) is 0 Å². The summed E-state index contributed by atoms with van der Waals surface area (Å²) in [6.45, 7) is 3.52. The van der Waals surface area contributed by atoms with Gasteiger partial charge in [0.2, 0.25) is 0 Å². The summed E-state index contributed by atoms with van der Waals surface area (Å²) in [7, 11) is 1.95. The van der Waals surface area contributed by atoms with Gasteiger partial charge in [0.05, 0.1) is 13.2 Å². The largest absolute Gasteiger partial charge is 0.378 e. The molecule has 2 rings (SSSR count). The Morgan fingerprint density at radius 2 is 2.15 bits per heavy atom. The van der Waals surface area contributed by atoms with Crippen LogP contribution in [0.3, 0.4) is 0 Å². The lowest BCUT2D eigenvalue weighted by Gasteiger charge is -2.28. The third kappa shape index (κ3) is 1.86. The third-order valence-corrected chi connectivity index (χ3v) is 2.55. The van der Waals surface area contributed by atoms with Crippen molar-refractivity contribution in [2.75, 3.05) is 31.2 Å². The van der Waals surface area contributed by atoms with Crippen LogP contribution >= 0.6 is 15.9 Å². The van der Waals surface area contributed by atoms with E-state index in [4.69, 9.17) is 4.74 Å². The molecule has 0 spiro atoms. The number of aromatic nitrogens is 2. The first-order valence-corrected chi connectivity index (χ1v) is 5.09. The lowest BCUT2D eigenvalue weighted by molar-refractivity contribution is 0.122. The first-order chi connectivity index (χ1) is 6.27. The van der Waals surface area contributed by atoms with E-state index in [0.29, 0.717) is 0 Å². The maximum Gasteiger partial charge on any atom is 0.130 e. The number of hydrogen-bond donors (Lipinski definition) is 0. The molecule has 0 amide bonds. The molecule has 0 aromatic carbocycles. The maximum atomic E-state index is 5.28. The fourth-order valence-corrected chi connectivity index (χ4v) is 1.95. The number of halogens is 1. The molecule has 0 saturated carbocycles. The fraction of sp³-hybridized carbons (Fsp3) is 0.625. The minimum atomic E-state index is 0.808. The molecule has 0 aliphatic carbocycles. The van der Waals surface area contributed by atoms with Crippen LogP contribution in [0.2, 0.25) is 0 Å². The van der Waals surface area contributed by atoms with Crippen molar-refractivity contribution < 1.29 is 4.74 Å². The SMILES string of the molecule is Cn1nc(Br)cc1N1CCOCC1. The van der Waals surface area contributed by atoms with Gasteiger partial charge in [-0.2, -0.15) is 5.10 Å². The molecule has 1 aliphatic rings. The van der Waals surface area contributed by atoms with E-state index in [2.05, 4.69) is 25.9 Å². The summed E-state index contributed by atoms with van der Waals surface area (Å²) in [5, 5.41) is 4.24. The van der Waals surface area contributed by atoms with E-state index in [9.17, 15) is 0 Å². The van der Waals surface area contributed by atoms with Gasteiger partial charge in [0, 0.05) is 26.2 Å². The van der Waals surface area contributed by atoms with E-state index in [1.807, 2.05) is 17.8 Å². The third-order valence-electron chi connectivity index (χ3n) is 2.16. The first kappa shape index (κ1) is 9.02. The molecule has 0 bridgehead atoms. The van der Waals surface area contributed by atoms with Crippen LogP contribution in [-0.4, -0.2) is 36.1 Å². The standard InChI is InChI=1S/C8H12BrN3O/c1-11-8(6-7(9)10-11)12-2-4-13-5-3-12/h6H,2-5H2,1H3. The topological polar surface area (TPSA) is 30.3 Å². The highest BCUT2D eigenvalue weighted by Gasteiger charge is 2.14. The Morgan fingerprint density at radius 3 is 2.69 bits per heavy atom. The second kappa shape index (κ2) is 3.67. The van der Waals surface area contributed by atoms with Gasteiger partial charge in [0.25, 0.3) is 0 Å². The zero-order valence-corrected chi connectivity index (χ0v) is 9.12. The van der Waals surface area contributed by atoms with Crippen molar-refractivity contribution in [3.8, 4) is 0 Å². The van der Waals surface area contributed by atoms with E-state index in [0.717, 1.165) is 36.7 Å². The van der Waals surface area contributed by atoms with E-state index >= 15 is 0 Å². The summed E-state index contributed by atoms with van der Waals surface area (Å²) in [5.41, 5.74) is 0. The van der Waals surface area contributed by atoms with Gasteiger partial charge >= 0.3 is 0 Å². The van der Waals surface area contributed by atoms with Gasteiger partial charge < -0.3 is 9.64 Å². The van der Waals surface area contributed by atoms with Crippen molar-refractivity contribution in [1.82, 2.24) is 9.78 Å². The Morgan fingerprint density at radius 1 is 1.46 bits per heavy atom. The predicted molar refractivity (Wildman–Crippen MR) is 53.9 cm³/mol. The smallest absolute Gasteiger partial charge is 0.130 e. The lowest BCUT2D eigenvalue weighted by Crippen LogP contribution is -2.37. The molecule has 72 valence electrons. The average molecular weight is 246 g/mol. The Balaban J connectivity index is 2.18.